The van der Waals surface area contributed by atoms with Crippen LogP contribution in [-0.2, 0) is 16.0 Å². The normalized spacial score (nSPS) is 13.9. The van der Waals surface area contributed by atoms with E-state index in [4.69, 9.17) is 10.8 Å². The van der Waals surface area contributed by atoms with Crippen molar-refractivity contribution in [3.8, 4) is 0 Å². The smallest absolute Gasteiger partial charge is 0.307 e. The van der Waals surface area contributed by atoms with Gasteiger partial charge in [-0.15, -0.1) is 0 Å². The lowest BCUT2D eigenvalue weighted by Gasteiger charge is -2.11. The molecule has 0 heterocycles. The third-order valence-corrected chi connectivity index (χ3v) is 3.75. The molecule has 0 fully saturated rings. The molecule has 1 aromatic rings. The molecule has 0 aliphatic rings. The Balaban J connectivity index is 2.40. The summed E-state index contributed by atoms with van der Waals surface area (Å²) in [6.07, 6.45) is 0.480. The van der Waals surface area contributed by atoms with Gasteiger partial charge in [-0.2, -0.15) is 0 Å². The predicted octanol–water partition coefficient (Wildman–Crippen LogP) is 1.54. The van der Waals surface area contributed by atoms with Crippen LogP contribution in [0.5, 0.6) is 0 Å². The summed E-state index contributed by atoms with van der Waals surface area (Å²) in [6, 6.07) is 8.94. The summed E-state index contributed by atoms with van der Waals surface area (Å²) < 4.78 is 0. The molecule has 0 spiro atoms. The maximum atomic E-state index is 11.7. The van der Waals surface area contributed by atoms with E-state index < -0.39 is 17.9 Å². The van der Waals surface area contributed by atoms with E-state index in [1.807, 2.05) is 30.3 Å². The molecule has 0 amide bonds. The Morgan fingerprint density at radius 3 is 2.50 bits per heavy atom. The minimum Gasteiger partial charge on any atom is -0.481 e. The van der Waals surface area contributed by atoms with Crippen molar-refractivity contribution in [2.24, 2.45) is 11.7 Å². The zero-order valence-electron chi connectivity index (χ0n) is 10.2. The van der Waals surface area contributed by atoms with Crippen molar-refractivity contribution in [1.29, 1.82) is 0 Å². The quantitative estimate of drug-likeness (QED) is 0.817. The highest BCUT2D eigenvalue weighted by atomic mass is 32.2. The van der Waals surface area contributed by atoms with Crippen LogP contribution in [0, 0.1) is 5.92 Å². The third kappa shape index (κ3) is 4.89. The van der Waals surface area contributed by atoms with E-state index in [2.05, 4.69) is 0 Å². The Morgan fingerprint density at radius 2 is 1.94 bits per heavy atom. The maximum Gasteiger partial charge on any atom is 0.307 e. The molecule has 3 N–H and O–H groups in total. The highest BCUT2D eigenvalue weighted by Crippen LogP contribution is 2.13. The lowest BCUT2D eigenvalue weighted by atomic mass is 10.1. The lowest BCUT2D eigenvalue weighted by molar-refractivity contribution is -0.140. The number of aliphatic carboxylic acids is 1. The summed E-state index contributed by atoms with van der Waals surface area (Å²) in [5.41, 5.74) is 6.80. The first kappa shape index (κ1) is 14.7. The first-order valence-corrected chi connectivity index (χ1v) is 6.68. The number of hydrogen-bond acceptors (Lipinski definition) is 4. The number of carbonyl (C=O) groups excluding carboxylic acids is 1. The molecule has 0 aliphatic heterocycles. The van der Waals surface area contributed by atoms with Crippen LogP contribution in [0.4, 0.5) is 0 Å². The molecule has 4 nitrogen and oxygen atoms in total. The molecule has 0 saturated carbocycles. The van der Waals surface area contributed by atoms with Crippen LogP contribution in [0.15, 0.2) is 30.3 Å². The molecule has 2 unspecified atom stereocenters. The van der Waals surface area contributed by atoms with Crippen molar-refractivity contribution >= 4 is 22.8 Å². The van der Waals surface area contributed by atoms with E-state index >= 15 is 0 Å². The molecule has 1 rings (SSSR count). The van der Waals surface area contributed by atoms with Crippen LogP contribution in [0.1, 0.15) is 12.5 Å². The van der Waals surface area contributed by atoms with Crippen LogP contribution >= 0.6 is 11.8 Å². The molecule has 0 bridgehead atoms. The van der Waals surface area contributed by atoms with Gasteiger partial charge in [-0.1, -0.05) is 49.0 Å². The molecule has 0 saturated heterocycles. The van der Waals surface area contributed by atoms with Gasteiger partial charge in [0.2, 0.25) is 5.12 Å². The minimum absolute atomic E-state index is 0.160. The number of thioether (sulfide) groups is 1. The predicted molar refractivity (Wildman–Crippen MR) is 72.4 cm³/mol. The van der Waals surface area contributed by atoms with Gasteiger partial charge in [-0.05, 0) is 12.0 Å². The zero-order chi connectivity index (χ0) is 13.5. The number of benzene rings is 1. The molecule has 1 aromatic carbocycles. The van der Waals surface area contributed by atoms with Crippen LogP contribution in [-0.4, -0.2) is 28.0 Å². The Labute approximate surface area is 111 Å². The minimum atomic E-state index is -0.896. The number of carboxylic acids is 1. The van der Waals surface area contributed by atoms with E-state index in [9.17, 15) is 9.59 Å². The van der Waals surface area contributed by atoms with Gasteiger partial charge in [0, 0.05) is 5.75 Å². The fraction of sp³-hybridized carbons (Fsp3) is 0.385. The number of hydrogen-bond donors (Lipinski definition) is 2. The van der Waals surface area contributed by atoms with Gasteiger partial charge in [0.1, 0.15) is 0 Å². The highest BCUT2D eigenvalue weighted by molar-refractivity contribution is 8.13. The van der Waals surface area contributed by atoms with Crippen molar-refractivity contribution in [2.75, 3.05) is 5.75 Å². The highest BCUT2D eigenvalue weighted by Gasteiger charge is 2.18. The van der Waals surface area contributed by atoms with Gasteiger partial charge in [0.05, 0.1) is 12.0 Å². The van der Waals surface area contributed by atoms with Gasteiger partial charge in [0.15, 0.2) is 0 Å². The van der Waals surface area contributed by atoms with Gasteiger partial charge >= 0.3 is 5.97 Å². The van der Waals surface area contributed by atoms with Crippen molar-refractivity contribution in [3.05, 3.63) is 35.9 Å². The Hall–Kier alpha value is -1.33. The molecule has 0 aliphatic carbocycles. The lowest BCUT2D eigenvalue weighted by Crippen LogP contribution is -2.31. The van der Waals surface area contributed by atoms with E-state index in [-0.39, 0.29) is 10.9 Å². The maximum absolute atomic E-state index is 11.7. The first-order chi connectivity index (χ1) is 8.50. The SMILES string of the molecule is CC(CSC(=O)C(N)Cc1ccccc1)C(=O)O. The van der Waals surface area contributed by atoms with E-state index in [1.54, 1.807) is 6.92 Å². The van der Waals surface area contributed by atoms with E-state index in [0.29, 0.717) is 6.42 Å². The van der Waals surface area contributed by atoms with Crippen LogP contribution in [0.3, 0.4) is 0 Å². The molecule has 2 atom stereocenters. The monoisotopic (exact) mass is 267 g/mol. The van der Waals surface area contributed by atoms with Gasteiger partial charge in [-0.25, -0.2) is 0 Å². The summed E-state index contributed by atoms with van der Waals surface area (Å²) in [5.74, 6) is -1.17. The van der Waals surface area contributed by atoms with Crippen LogP contribution < -0.4 is 5.73 Å². The number of rotatable bonds is 6. The van der Waals surface area contributed by atoms with Gasteiger partial charge in [0.25, 0.3) is 0 Å². The number of carboxylic acid groups (broad SMARTS) is 1. The zero-order valence-corrected chi connectivity index (χ0v) is 11.0. The Bertz CT molecular complexity index is 408. The molecule has 98 valence electrons. The summed E-state index contributed by atoms with van der Waals surface area (Å²) >= 11 is 0.995. The average molecular weight is 267 g/mol. The summed E-state index contributed by atoms with van der Waals surface area (Å²) in [6.45, 7) is 1.57. The van der Waals surface area contributed by atoms with E-state index in [1.165, 1.54) is 0 Å². The van der Waals surface area contributed by atoms with Crippen molar-refractivity contribution in [2.45, 2.75) is 19.4 Å². The third-order valence-electron chi connectivity index (χ3n) is 2.50. The second-order valence-electron chi connectivity index (χ2n) is 4.17. The average Bonchev–Trinajstić information content (AvgIpc) is 2.36. The number of carbonyl (C=O) groups is 2. The van der Waals surface area contributed by atoms with Crippen molar-refractivity contribution in [1.82, 2.24) is 0 Å². The van der Waals surface area contributed by atoms with Crippen molar-refractivity contribution < 1.29 is 14.7 Å². The second-order valence-corrected chi connectivity index (χ2v) is 5.19. The van der Waals surface area contributed by atoms with E-state index in [0.717, 1.165) is 17.3 Å². The first-order valence-electron chi connectivity index (χ1n) is 5.69. The van der Waals surface area contributed by atoms with Crippen LogP contribution in [0.2, 0.25) is 0 Å². The summed E-state index contributed by atoms with van der Waals surface area (Å²) in [7, 11) is 0. The summed E-state index contributed by atoms with van der Waals surface area (Å²) in [5, 5.41) is 8.55. The van der Waals surface area contributed by atoms with Crippen LogP contribution in [0.25, 0.3) is 0 Å². The largest absolute Gasteiger partial charge is 0.481 e. The molecule has 0 aromatic heterocycles. The van der Waals surface area contributed by atoms with Gasteiger partial charge in [-0.3, -0.25) is 9.59 Å². The molecule has 0 radical (unpaired) electrons. The molecular weight excluding hydrogens is 250 g/mol. The molecule has 18 heavy (non-hydrogen) atoms. The standard InChI is InChI=1S/C13H17NO3S/c1-9(12(15)16)8-18-13(17)11(14)7-10-5-3-2-4-6-10/h2-6,9,11H,7-8,14H2,1H3,(H,15,16). The van der Waals surface area contributed by atoms with Crippen molar-refractivity contribution in [3.63, 3.8) is 0 Å². The Kier molecular flexibility index (Phi) is 5.88. The fourth-order valence-electron chi connectivity index (χ4n) is 1.34. The second kappa shape index (κ2) is 7.18. The molecular formula is C13H17NO3S. The number of nitrogens with two attached hydrogens (primary N) is 1. The topological polar surface area (TPSA) is 80.4 Å². The molecule has 5 heteroatoms. The van der Waals surface area contributed by atoms with Gasteiger partial charge < -0.3 is 10.8 Å². The summed E-state index contributed by atoms with van der Waals surface area (Å²) in [4.78, 5) is 22.3. The fourth-order valence-corrected chi connectivity index (χ4v) is 2.19. The Morgan fingerprint density at radius 1 is 1.33 bits per heavy atom.